The fourth-order valence-electron chi connectivity index (χ4n) is 1.92. The fourth-order valence-corrected chi connectivity index (χ4v) is 2.05. The normalized spacial score (nSPS) is 9.95. The van der Waals surface area contributed by atoms with Crippen LogP contribution in [-0.2, 0) is 0 Å². The summed E-state index contributed by atoms with van der Waals surface area (Å²) in [6.07, 6.45) is 0. The summed E-state index contributed by atoms with van der Waals surface area (Å²) in [5, 5.41) is 5.45. The number of carbonyl (C=O) groups excluding carboxylic acids is 2. The number of amides is 3. The van der Waals surface area contributed by atoms with E-state index in [4.69, 9.17) is 11.6 Å². The Bertz CT molecular complexity index is 684. The lowest BCUT2D eigenvalue weighted by Crippen LogP contribution is -2.35. The molecule has 0 aromatic heterocycles. The molecule has 5 nitrogen and oxygen atoms in total. The van der Waals surface area contributed by atoms with Crippen LogP contribution in [-0.4, -0.2) is 26.0 Å². The molecule has 0 aliphatic heterocycles. The van der Waals surface area contributed by atoms with E-state index in [-0.39, 0.29) is 0 Å². The standard InChI is InChI=1S/C16H16ClN3O2/c1-20(2)14-6-4-3-5-13(14)15(21)19-16(22)18-12-9-7-11(17)8-10-12/h3-10H,1-2H3,(H2,18,19,21,22). The average Bonchev–Trinajstić information content (AvgIpc) is 2.49. The van der Waals surface area contributed by atoms with Crippen LogP contribution in [0.3, 0.4) is 0 Å². The molecule has 0 fully saturated rings. The van der Waals surface area contributed by atoms with Crippen molar-refractivity contribution < 1.29 is 9.59 Å². The zero-order valence-corrected chi connectivity index (χ0v) is 13.0. The lowest BCUT2D eigenvalue weighted by molar-refractivity contribution is 0.0967. The first-order chi connectivity index (χ1) is 10.5. The maximum atomic E-state index is 12.2. The van der Waals surface area contributed by atoms with E-state index in [0.717, 1.165) is 5.69 Å². The van der Waals surface area contributed by atoms with Gasteiger partial charge in [0, 0.05) is 30.5 Å². The topological polar surface area (TPSA) is 61.4 Å². The summed E-state index contributed by atoms with van der Waals surface area (Å²) >= 11 is 5.77. The van der Waals surface area contributed by atoms with Gasteiger partial charge in [-0.25, -0.2) is 4.79 Å². The number of carbonyl (C=O) groups is 2. The highest BCUT2D eigenvalue weighted by Gasteiger charge is 2.15. The van der Waals surface area contributed by atoms with E-state index in [9.17, 15) is 9.59 Å². The van der Waals surface area contributed by atoms with Crippen LogP contribution in [0.1, 0.15) is 10.4 Å². The van der Waals surface area contributed by atoms with Crippen LogP contribution in [0, 0.1) is 0 Å². The van der Waals surface area contributed by atoms with Gasteiger partial charge in [-0.2, -0.15) is 0 Å². The molecule has 0 bridgehead atoms. The van der Waals surface area contributed by atoms with Gasteiger partial charge in [0.25, 0.3) is 5.91 Å². The summed E-state index contributed by atoms with van der Waals surface area (Å²) < 4.78 is 0. The van der Waals surface area contributed by atoms with E-state index in [1.165, 1.54) is 0 Å². The molecular formula is C16H16ClN3O2. The number of para-hydroxylation sites is 1. The minimum atomic E-state index is -0.596. The van der Waals surface area contributed by atoms with Crippen molar-refractivity contribution in [2.24, 2.45) is 0 Å². The Labute approximate surface area is 133 Å². The van der Waals surface area contributed by atoms with Crippen LogP contribution in [0.5, 0.6) is 0 Å². The number of hydrogen-bond acceptors (Lipinski definition) is 3. The third kappa shape index (κ3) is 3.99. The van der Waals surface area contributed by atoms with E-state index >= 15 is 0 Å². The molecule has 2 N–H and O–H groups in total. The van der Waals surface area contributed by atoms with Gasteiger partial charge < -0.3 is 10.2 Å². The van der Waals surface area contributed by atoms with E-state index in [1.807, 2.05) is 31.1 Å². The molecule has 0 radical (unpaired) electrons. The molecule has 6 heteroatoms. The largest absolute Gasteiger partial charge is 0.377 e. The lowest BCUT2D eigenvalue weighted by Gasteiger charge is -2.16. The molecule has 0 saturated heterocycles. The van der Waals surface area contributed by atoms with E-state index < -0.39 is 11.9 Å². The summed E-state index contributed by atoms with van der Waals surface area (Å²) in [7, 11) is 3.67. The molecule has 0 saturated carbocycles. The van der Waals surface area contributed by atoms with Gasteiger partial charge >= 0.3 is 6.03 Å². The smallest absolute Gasteiger partial charge is 0.326 e. The predicted octanol–water partition coefficient (Wildman–Crippen LogP) is 3.37. The molecule has 0 aliphatic carbocycles. The van der Waals surface area contributed by atoms with Gasteiger partial charge in [0.2, 0.25) is 0 Å². The SMILES string of the molecule is CN(C)c1ccccc1C(=O)NC(=O)Nc1ccc(Cl)cc1. The number of halogens is 1. The molecule has 0 aliphatic rings. The Kier molecular flexibility index (Phi) is 5.01. The Hall–Kier alpha value is -2.53. The average molecular weight is 318 g/mol. The molecule has 0 atom stereocenters. The number of rotatable bonds is 3. The third-order valence-electron chi connectivity index (χ3n) is 2.96. The number of imide groups is 1. The van der Waals surface area contributed by atoms with Crippen LogP contribution in [0.2, 0.25) is 5.02 Å². The highest BCUT2D eigenvalue weighted by atomic mass is 35.5. The van der Waals surface area contributed by atoms with Gasteiger partial charge in [0.05, 0.1) is 5.56 Å². The summed E-state index contributed by atoms with van der Waals surface area (Å²) in [5.41, 5.74) is 1.72. The number of urea groups is 1. The van der Waals surface area contributed by atoms with Gasteiger partial charge in [-0.1, -0.05) is 23.7 Å². The van der Waals surface area contributed by atoms with Crippen LogP contribution < -0.4 is 15.5 Å². The second-order valence-corrected chi connectivity index (χ2v) is 5.26. The minimum absolute atomic E-state index is 0.429. The molecule has 0 heterocycles. The van der Waals surface area contributed by atoms with Gasteiger partial charge in [0.1, 0.15) is 0 Å². The van der Waals surface area contributed by atoms with Crippen molar-refractivity contribution in [1.29, 1.82) is 0 Å². The van der Waals surface area contributed by atoms with E-state index in [2.05, 4.69) is 10.6 Å². The monoisotopic (exact) mass is 317 g/mol. The molecular weight excluding hydrogens is 302 g/mol. The number of nitrogens with zero attached hydrogens (tertiary/aromatic N) is 1. The molecule has 3 amide bonds. The maximum absolute atomic E-state index is 12.2. The predicted molar refractivity (Wildman–Crippen MR) is 88.7 cm³/mol. The van der Waals surface area contributed by atoms with Gasteiger partial charge in [-0.05, 0) is 36.4 Å². The molecule has 0 spiro atoms. The Morgan fingerprint density at radius 1 is 1.00 bits per heavy atom. The lowest BCUT2D eigenvalue weighted by atomic mass is 10.1. The highest BCUT2D eigenvalue weighted by molar-refractivity contribution is 6.30. The molecule has 2 aromatic carbocycles. The quantitative estimate of drug-likeness (QED) is 0.912. The van der Waals surface area contributed by atoms with Crippen LogP contribution in [0.15, 0.2) is 48.5 Å². The summed E-state index contributed by atoms with van der Waals surface area (Å²) in [6, 6.07) is 13.1. The van der Waals surface area contributed by atoms with Crippen molar-refractivity contribution in [1.82, 2.24) is 5.32 Å². The number of anilines is 2. The molecule has 0 unspecified atom stereocenters. The Morgan fingerprint density at radius 3 is 2.27 bits per heavy atom. The van der Waals surface area contributed by atoms with Crippen molar-refractivity contribution in [2.45, 2.75) is 0 Å². The fraction of sp³-hybridized carbons (Fsp3) is 0.125. The first-order valence-electron chi connectivity index (χ1n) is 6.61. The summed E-state index contributed by atoms with van der Waals surface area (Å²) in [4.78, 5) is 25.9. The number of benzene rings is 2. The number of hydrogen-bond donors (Lipinski definition) is 2. The molecule has 22 heavy (non-hydrogen) atoms. The third-order valence-corrected chi connectivity index (χ3v) is 3.21. The van der Waals surface area contributed by atoms with Gasteiger partial charge in [-0.3, -0.25) is 10.1 Å². The summed E-state index contributed by atoms with van der Waals surface area (Å²) in [6.45, 7) is 0. The van der Waals surface area contributed by atoms with Crippen LogP contribution in [0.25, 0.3) is 0 Å². The highest BCUT2D eigenvalue weighted by Crippen LogP contribution is 2.18. The van der Waals surface area contributed by atoms with Crippen molar-refractivity contribution in [3.63, 3.8) is 0 Å². The number of nitrogens with one attached hydrogen (secondary N) is 2. The van der Waals surface area contributed by atoms with Crippen molar-refractivity contribution in [2.75, 3.05) is 24.3 Å². The van der Waals surface area contributed by atoms with E-state index in [0.29, 0.717) is 16.3 Å². The first-order valence-corrected chi connectivity index (χ1v) is 6.99. The molecule has 2 aromatic rings. The maximum Gasteiger partial charge on any atom is 0.326 e. The summed E-state index contributed by atoms with van der Waals surface area (Å²) in [5.74, 6) is -0.462. The Morgan fingerprint density at radius 2 is 1.64 bits per heavy atom. The van der Waals surface area contributed by atoms with Crippen LogP contribution >= 0.6 is 11.6 Å². The van der Waals surface area contributed by atoms with Crippen LogP contribution in [0.4, 0.5) is 16.2 Å². The first kappa shape index (κ1) is 15.9. The molecule has 114 valence electrons. The van der Waals surface area contributed by atoms with Crippen molar-refractivity contribution in [3.05, 3.63) is 59.1 Å². The second-order valence-electron chi connectivity index (χ2n) is 4.83. The minimum Gasteiger partial charge on any atom is -0.377 e. The van der Waals surface area contributed by atoms with Gasteiger partial charge in [-0.15, -0.1) is 0 Å². The molecule has 2 rings (SSSR count). The second kappa shape index (κ2) is 6.95. The van der Waals surface area contributed by atoms with E-state index in [1.54, 1.807) is 36.4 Å². The zero-order valence-electron chi connectivity index (χ0n) is 12.3. The van der Waals surface area contributed by atoms with Crippen molar-refractivity contribution >= 4 is 34.9 Å². The van der Waals surface area contributed by atoms with Gasteiger partial charge in [0.15, 0.2) is 0 Å². The zero-order chi connectivity index (χ0) is 16.1. The van der Waals surface area contributed by atoms with Crippen molar-refractivity contribution in [3.8, 4) is 0 Å². The Balaban J connectivity index is 2.05.